The standard InChI is InChI=1S/C22H19F4NO2/c23-21(24)22(25,26)14-29-13-15-8-10-18(11-9-15)27-20(28)12-17-6-3-5-16-4-1-2-7-19(16)17/h1-11,21H,12-14H2,(H,27,28). The maximum absolute atomic E-state index is 12.8. The van der Waals surface area contributed by atoms with Gasteiger partial charge in [0.05, 0.1) is 13.0 Å². The lowest BCUT2D eigenvalue weighted by Crippen LogP contribution is -2.32. The van der Waals surface area contributed by atoms with Gasteiger partial charge < -0.3 is 10.1 Å². The molecule has 1 amide bonds. The van der Waals surface area contributed by atoms with Gasteiger partial charge in [0.25, 0.3) is 0 Å². The van der Waals surface area contributed by atoms with Crippen molar-refractivity contribution in [3.8, 4) is 0 Å². The second-order valence-corrected chi connectivity index (χ2v) is 6.61. The quantitative estimate of drug-likeness (QED) is 0.507. The third-order valence-electron chi connectivity index (χ3n) is 4.35. The summed E-state index contributed by atoms with van der Waals surface area (Å²) in [5.74, 6) is -4.36. The van der Waals surface area contributed by atoms with Gasteiger partial charge in [0, 0.05) is 5.69 Å². The van der Waals surface area contributed by atoms with E-state index in [1.54, 1.807) is 24.3 Å². The number of carbonyl (C=O) groups excluding carboxylic acids is 1. The Labute approximate surface area is 165 Å². The van der Waals surface area contributed by atoms with Gasteiger partial charge in [0.15, 0.2) is 0 Å². The maximum atomic E-state index is 12.8. The van der Waals surface area contributed by atoms with E-state index in [1.807, 2.05) is 42.5 Å². The van der Waals surface area contributed by atoms with Gasteiger partial charge in [0.1, 0.15) is 6.61 Å². The van der Waals surface area contributed by atoms with Crippen molar-refractivity contribution < 1.29 is 27.1 Å². The van der Waals surface area contributed by atoms with Crippen LogP contribution in [0.25, 0.3) is 10.8 Å². The highest BCUT2D eigenvalue weighted by molar-refractivity contribution is 5.96. The summed E-state index contributed by atoms with van der Waals surface area (Å²) in [5.41, 5.74) is 1.98. The van der Waals surface area contributed by atoms with Gasteiger partial charge in [-0.3, -0.25) is 4.79 Å². The number of ether oxygens (including phenoxy) is 1. The first-order chi connectivity index (χ1) is 13.8. The highest BCUT2D eigenvalue weighted by atomic mass is 19.3. The van der Waals surface area contributed by atoms with E-state index < -0.39 is 19.0 Å². The van der Waals surface area contributed by atoms with E-state index in [4.69, 9.17) is 0 Å². The van der Waals surface area contributed by atoms with E-state index >= 15 is 0 Å². The van der Waals surface area contributed by atoms with E-state index in [-0.39, 0.29) is 18.9 Å². The van der Waals surface area contributed by atoms with Gasteiger partial charge in [-0.2, -0.15) is 8.78 Å². The van der Waals surface area contributed by atoms with Crippen molar-refractivity contribution in [3.05, 3.63) is 77.9 Å². The van der Waals surface area contributed by atoms with Crippen molar-refractivity contribution in [2.45, 2.75) is 25.4 Å². The molecule has 29 heavy (non-hydrogen) atoms. The number of carbonyl (C=O) groups is 1. The Bertz CT molecular complexity index is 969. The lowest BCUT2D eigenvalue weighted by atomic mass is 10.0. The third-order valence-corrected chi connectivity index (χ3v) is 4.35. The molecule has 3 nitrogen and oxygen atoms in total. The van der Waals surface area contributed by atoms with E-state index in [0.29, 0.717) is 11.3 Å². The molecule has 0 saturated heterocycles. The number of nitrogens with one attached hydrogen (secondary N) is 1. The van der Waals surface area contributed by atoms with E-state index in [2.05, 4.69) is 10.1 Å². The highest BCUT2D eigenvalue weighted by Gasteiger charge is 2.40. The Kier molecular flexibility index (Phi) is 6.49. The predicted molar refractivity (Wildman–Crippen MR) is 103 cm³/mol. The number of benzene rings is 3. The number of hydrogen-bond acceptors (Lipinski definition) is 2. The van der Waals surface area contributed by atoms with Crippen LogP contribution in [0.2, 0.25) is 0 Å². The molecule has 3 rings (SSSR count). The minimum absolute atomic E-state index is 0.193. The Hall–Kier alpha value is -2.93. The molecule has 0 fully saturated rings. The van der Waals surface area contributed by atoms with Gasteiger partial charge in [0.2, 0.25) is 5.91 Å². The fourth-order valence-corrected chi connectivity index (χ4v) is 2.88. The first-order valence-corrected chi connectivity index (χ1v) is 8.94. The summed E-state index contributed by atoms with van der Waals surface area (Å²) in [5, 5.41) is 4.85. The number of hydrogen-bond donors (Lipinski definition) is 1. The molecule has 0 unspecified atom stereocenters. The number of amides is 1. The molecule has 0 radical (unpaired) electrons. The van der Waals surface area contributed by atoms with Crippen LogP contribution < -0.4 is 5.32 Å². The fourth-order valence-electron chi connectivity index (χ4n) is 2.88. The zero-order chi connectivity index (χ0) is 20.9. The average Bonchev–Trinajstić information content (AvgIpc) is 2.69. The first kappa shape index (κ1) is 20.8. The Morgan fingerprint density at radius 2 is 1.66 bits per heavy atom. The molecule has 0 aromatic heterocycles. The van der Waals surface area contributed by atoms with Crippen molar-refractivity contribution in [2.24, 2.45) is 0 Å². The summed E-state index contributed by atoms with van der Waals surface area (Å²) in [6.07, 6.45) is -3.56. The molecule has 0 bridgehead atoms. The minimum Gasteiger partial charge on any atom is -0.370 e. The van der Waals surface area contributed by atoms with Crippen molar-refractivity contribution in [1.82, 2.24) is 0 Å². The zero-order valence-electron chi connectivity index (χ0n) is 15.4. The number of fused-ring (bicyclic) bond motifs is 1. The lowest BCUT2D eigenvalue weighted by molar-refractivity contribution is -0.168. The van der Waals surface area contributed by atoms with Crippen molar-refractivity contribution in [1.29, 1.82) is 0 Å². The summed E-state index contributed by atoms with van der Waals surface area (Å²) in [4.78, 5) is 12.4. The molecular formula is C22H19F4NO2. The summed E-state index contributed by atoms with van der Waals surface area (Å²) in [6, 6.07) is 19.9. The van der Waals surface area contributed by atoms with E-state index in [9.17, 15) is 22.4 Å². The summed E-state index contributed by atoms with van der Waals surface area (Å²) < 4.78 is 54.5. The average molecular weight is 405 g/mol. The molecule has 0 atom stereocenters. The van der Waals surface area contributed by atoms with E-state index in [0.717, 1.165) is 16.3 Å². The minimum atomic E-state index is -4.17. The van der Waals surface area contributed by atoms with Gasteiger partial charge in [-0.15, -0.1) is 0 Å². The molecule has 0 spiro atoms. The summed E-state index contributed by atoms with van der Waals surface area (Å²) in [7, 11) is 0. The molecule has 0 aliphatic carbocycles. The molecule has 0 aliphatic rings. The number of anilines is 1. The van der Waals surface area contributed by atoms with E-state index in [1.165, 1.54) is 0 Å². The Morgan fingerprint density at radius 3 is 2.38 bits per heavy atom. The molecule has 3 aromatic carbocycles. The second kappa shape index (κ2) is 9.05. The summed E-state index contributed by atoms with van der Waals surface area (Å²) >= 11 is 0. The maximum Gasteiger partial charge on any atom is 0.330 e. The normalized spacial score (nSPS) is 11.8. The smallest absolute Gasteiger partial charge is 0.330 e. The van der Waals surface area contributed by atoms with Gasteiger partial charge in [-0.25, -0.2) is 8.78 Å². The van der Waals surface area contributed by atoms with Crippen molar-refractivity contribution in [3.63, 3.8) is 0 Å². The Balaban J connectivity index is 1.55. The molecule has 1 N–H and O–H groups in total. The SMILES string of the molecule is O=C(Cc1cccc2ccccc12)Nc1ccc(COCC(F)(F)C(F)F)cc1. The van der Waals surface area contributed by atoms with Crippen molar-refractivity contribution >= 4 is 22.4 Å². The lowest BCUT2D eigenvalue weighted by Gasteiger charge is -2.15. The number of rotatable bonds is 8. The molecule has 0 saturated carbocycles. The van der Waals surface area contributed by atoms with Crippen LogP contribution in [0.3, 0.4) is 0 Å². The van der Waals surface area contributed by atoms with Crippen LogP contribution in [0.1, 0.15) is 11.1 Å². The molecule has 152 valence electrons. The monoisotopic (exact) mass is 405 g/mol. The summed E-state index contributed by atoms with van der Waals surface area (Å²) in [6.45, 7) is -1.58. The zero-order valence-corrected chi connectivity index (χ0v) is 15.4. The van der Waals surface area contributed by atoms with Crippen LogP contribution in [0.5, 0.6) is 0 Å². The van der Waals surface area contributed by atoms with Crippen LogP contribution in [-0.2, 0) is 22.6 Å². The second-order valence-electron chi connectivity index (χ2n) is 6.61. The van der Waals surface area contributed by atoms with Crippen LogP contribution in [0.4, 0.5) is 23.2 Å². The molecule has 0 heterocycles. The largest absolute Gasteiger partial charge is 0.370 e. The van der Waals surface area contributed by atoms with Crippen LogP contribution in [0, 0.1) is 0 Å². The Morgan fingerprint density at radius 1 is 0.966 bits per heavy atom. The predicted octanol–water partition coefficient (Wildman–Crippen LogP) is 5.44. The van der Waals surface area contributed by atoms with Crippen LogP contribution >= 0.6 is 0 Å². The number of halogens is 4. The molecular weight excluding hydrogens is 386 g/mol. The fraction of sp³-hybridized carbons (Fsp3) is 0.227. The van der Waals surface area contributed by atoms with Crippen LogP contribution in [0.15, 0.2) is 66.7 Å². The molecule has 0 aliphatic heterocycles. The number of alkyl halides is 4. The topological polar surface area (TPSA) is 38.3 Å². The highest BCUT2D eigenvalue weighted by Crippen LogP contribution is 2.23. The third kappa shape index (κ3) is 5.54. The van der Waals surface area contributed by atoms with Crippen molar-refractivity contribution in [2.75, 3.05) is 11.9 Å². The van der Waals surface area contributed by atoms with Crippen LogP contribution in [-0.4, -0.2) is 24.9 Å². The van der Waals surface area contributed by atoms with Gasteiger partial charge >= 0.3 is 12.3 Å². The molecule has 7 heteroatoms. The molecule has 3 aromatic rings. The first-order valence-electron chi connectivity index (χ1n) is 8.94. The van der Waals surface area contributed by atoms with Gasteiger partial charge in [-0.1, -0.05) is 54.6 Å². The van der Waals surface area contributed by atoms with Gasteiger partial charge in [-0.05, 0) is 34.0 Å².